The second kappa shape index (κ2) is 5.74. The normalized spacial score (nSPS) is 23.8. The Bertz CT molecular complexity index is 426. The second-order valence-electron chi connectivity index (χ2n) is 4.95. The molecule has 0 aliphatic carbocycles. The number of anilines is 1. The van der Waals surface area contributed by atoms with Crippen LogP contribution in [0.1, 0.15) is 33.1 Å². The van der Waals surface area contributed by atoms with Crippen LogP contribution in [0.3, 0.4) is 0 Å². The van der Waals surface area contributed by atoms with Crippen LogP contribution >= 0.6 is 15.9 Å². The van der Waals surface area contributed by atoms with Crippen molar-refractivity contribution in [3.05, 3.63) is 28.7 Å². The van der Waals surface area contributed by atoms with Gasteiger partial charge in [-0.2, -0.15) is 0 Å². The number of rotatable bonds is 1. The van der Waals surface area contributed by atoms with Crippen molar-refractivity contribution in [2.45, 2.75) is 45.2 Å². The molecule has 2 amide bonds. The van der Waals surface area contributed by atoms with Crippen LogP contribution in [0, 0.1) is 0 Å². The number of nitrogens with one attached hydrogen (secondary N) is 1. The summed E-state index contributed by atoms with van der Waals surface area (Å²) in [6.07, 6.45) is 3.39. The Labute approximate surface area is 117 Å². The molecular formula is C14H19BrN2O. The summed E-state index contributed by atoms with van der Waals surface area (Å²) in [5, 5.41) is 2.98. The van der Waals surface area contributed by atoms with Gasteiger partial charge < -0.3 is 10.2 Å². The summed E-state index contributed by atoms with van der Waals surface area (Å²) in [4.78, 5) is 14.3. The molecule has 1 N–H and O–H groups in total. The van der Waals surface area contributed by atoms with E-state index in [2.05, 4.69) is 35.1 Å². The van der Waals surface area contributed by atoms with Gasteiger partial charge in [-0.05, 0) is 61.2 Å². The van der Waals surface area contributed by atoms with E-state index in [1.165, 1.54) is 6.42 Å². The summed E-state index contributed by atoms with van der Waals surface area (Å²) in [6, 6.07) is 8.32. The molecular weight excluding hydrogens is 292 g/mol. The first-order valence-corrected chi connectivity index (χ1v) is 7.22. The van der Waals surface area contributed by atoms with Crippen LogP contribution in [0.25, 0.3) is 0 Å². The number of para-hydroxylation sites is 1. The van der Waals surface area contributed by atoms with Gasteiger partial charge in [0, 0.05) is 16.6 Å². The van der Waals surface area contributed by atoms with E-state index < -0.39 is 0 Å². The number of nitrogens with zero attached hydrogens (tertiary/aromatic N) is 1. The molecule has 4 heteroatoms. The highest BCUT2D eigenvalue weighted by Crippen LogP contribution is 2.26. The Morgan fingerprint density at radius 1 is 1.28 bits per heavy atom. The van der Waals surface area contributed by atoms with Crippen molar-refractivity contribution in [2.24, 2.45) is 0 Å². The number of amides is 2. The highest BCUT2D eigenvalue weighted by Gasteiger charge is 2.29. The lowest BCUT2D eigenvalue weighted by molar-refractivity contribution is 0.133. The fraction of sp³-hybridized carbons (Fsp3) is 0.500. The van der Waals surface area contributed by atoms with Gasteiger partial charge in [0.05, 0.1) is 5.69 Å². The van der Waals surface area contributed by atoms with Crippen LogP contribution in [-0.2, 0) is 0 Å². The first kappa shape index (κ1) is 13.4. The highest BCUT2D eigenvalue weighted by atomic mass is 79.9. The Morgan fingerprint density at radius 3 is 2.50 bits per heavy atom. The summed E-state index contributed by atoms with van der Waals surface area (Å²) >= 11 is 3.45. The third kappa shape index (κ3) is 2.86. The Balaban J connectivity index is 2.09. The van der Waals surface area contributed by atoms with E-state index in [1.54, 1.807) is 0 Å². The maximum absolute atomic E-state index is 12.3. The van der Waals surface area contributed by atoms with E-state index in [-0.39, 0.29) is 6.03 Å². The van der Waals surface area contributed by atoms with Crippen molar-refractivity contribution < 1.29 is 4.79 Å². The number of halogens is 1. The molecule has 2 atom stereocenters. The van der Waals surface area contributed by atoms with Crippen molar-refractivity contribution in [1.82, 2.24) is 4.90 Å². The molecule has 1 aliphatic rings. The first-order valence-electron chi connectivity index (χ1n) is 6.43. The van der Waals surface area contributed by atoms with E-state index in [0.29, 0.717) is 12.1 Å². The van der Waals surface area contributed by atoms with Crippen molar-refractivity contribution in [1.29, 1.82) is 0 Å². The lowest BCUT2D eigenvalue weighted by Crippen LogP contribution is -2.49. The van der Waals surface area contributed by atoms with Crippen molar-refractivity contribution in [2.75, 3.05) is 5.32 Å². The van der Waals surface area contributed by atoms with Crippen LogP contribution < -0.4 is 5.32 Å². The molecule has 0 radical (unpaired) electrons. The lowest BCUT2D eigenvalue weighted by Gasteiger charge is -2.38. The minimum atomic E-state index is 0.00148. The number of piperidine rings is 1. The Hall–Kier alpha value is -1.03. The average molecular weight is 311 g/mol. The fourth-order valence-electron chi connectivity index (χ4n) is 2.56. The SMILES string of the molecule is C[C@@H]1CCC[C@H](C)N1C(=O)Nc1ccccc1Br. The average Bonchev–Trinajstić information content (AvgIpc) is 2.32. The molecule has 98 valence electrons. The number of hydrogen-bond donors (Lipinski definition) is 1. The summed E-state index contributed by atoms with van der Waals surface area (Å²) in [6.45, 7) is 4.24. The smallest absolute Gasteiger partial charge is 0.319 e. The fourth-order valence-corrected chi connectivity index (χ4v) is 2.95. The van der Waals surface area contributed by atoms with Gasteiger partial charge in [0.1, 0.15) is 0 Å². The molecule has 2 rings (SSSR count). The van der Waals surface area contributed by atoms with Crippen LogP contribution in [0.5, 0.6) is 0 Å². The molecule has 18 heavy (non-hydrogen) atoms. The number of benzene rings is 1. The standard InChI is InChI=1S/C14H19BrN2O/c1-10-6-5-7-11(2)17(10)14(18)16-13-9-4-3-8-12(13)15/h3-4,8-11H,5-7H2,1-2H3,(H,16,18)/t10-,11+. The van der Waals surface area contributed by atoms with E-state index in [1.807, 2.05) is 29.2 Å². The van der Waals surface area contributed by atoms with Gasteiger partial charge in [0.25, 0.3) is 0 Å². The highest BCUT2D eigenvalue weighted by molar-refractivity contribution is 9.10. The minimum absolute atomic E-state index is 0.00148. The van der Waals surface area contributed by atoms with Crippen molar-refractivity contribution in [3.8, 4) is 0 Å². The number of carbonyl (C=O) groups is 1. The maximum Gasteiger partial charge on any atom is 0.322 e. The molecule has 0 unspecified atom stereocenters. The van der Waals surface area contributed by atoms with Crippen molar-refractivity contribution in [3.63, 3.8) is 0 Å². The van der Waals surface area contributed by atoms with Gasteiger partial charge in [-0.15, -0.1) is 0 Å². The van der Waals surface area contributed by atoms with E-state index in [0.717, 1.165) is 23.0 Å². The van der Waals surface area contributed by atoms with Gasteiger partial charge in [0.15, 0.2) is 0 Å². The van der Waals surface area contributed by atoms with Crippen LogP contribution in [0.2, 0.25) is 0 Å². The lowest BCUT2D eigenvalue weighted by atomic mass is 9.98. The largest absolute Gasteiger partial charge is 0.322 e. The van der Waals surface area contributed by atoms with Gasteiger partial charge >= 0.3 is 6.03 Å². The third-order valence-corrected chi connectivity index (χ3v) is 4.24. The first-order chi connectivity index (χ1) is 8.59. The molecule has 1 aliphatic heterocycles. The zero-order valence-electron chi connectivity index (χ0n) is 10.8. The molecule has 0 bridgehead atoms. The molecule has 1 aromatic rings. The summed E-state index contributed by atoms with van der Waals surface area (Å²) in [5.41, 5.74) is 0.826. The van der Waals surface area contributed by atoms with Gasteiger partial charge in [0.2, 0.25) is 0 Å². The zero-order valence-corrected chi connectivity index (χ0v) is 12.4. The number of carbonyl (C=O) groups excluding carboxylic acids is 1. The summed E-state index contributed by atoms with van der Waals surface area (Å²) in [5.74, 6) is 0. The number of likely N-dealkylation sites (tertiary alicyclic amines) is 1. The molecule has 1 saturated heterocycles. The Morgan fingerprint density at radius 2 is 1.89 bits per heavy atom. The van der Waals surface area contributed by atoms with Crippen LogP contribution in [-0.4, -0.2) is 23.0 Å². The second-order valence-corrected chi connectivity index (χ2v) is 5.80. The number of hydrogen-bond acceptors (Lipinski definition) is 1. The molecule has 0 aromatic heterocycles. The minimum Gasteiger partial charge on any atom is -0.319 e. The molecule has 1 heterocycles. The molecule has 0 saturated carbocycles. The van der Waals surface area contributed by atoms with Crippen molar-refractivity contribution >= 4 is 27.6 Å². The molecule has 0 spiro atoms. The maximum atomic E-state index is 12.3. The molecule has 3 nitrogen and oxygen atoms in total. The van der Waals surface area contributed by atoms with Gasteiger partial charge in [-0.1, -0.05) is 12.1 Å². The summed E-state index contributed by atoms with van der Waals surface area (Å²) in [7, 11) is 0. The van der Waals surface area contributed by atoms with Crippen LogP contribution in [0.15, 0.2) is 28.7 Å². The zero-order chi connectivity index (χ0) is 13.1. The number of urea groups is 1. The molecule has 1 aromatic carbocycles. The van der Waals surface area contributed by atoms with E-state index in [9.17, 15) is 4.79 Å². The quantitative estimate of drug-likeness (QED) is 0.826. The molecule has 1 fully saturated rings. The van der Waals surface area contributed by atoms with E-state index >= 15 is 0 Å². The predicted molar refractivity (Wildman–Crippen MR) is 77.8 cm³/mol. The summed E-state index contributed by atoms with van der Waals surface area (Å²) < 4.78 is 0.913. The van der Waals surface area contributed by atoms with Crippen LogP contribution in [0.4, 0.5) is 10.5 Å². The van der Waals surface area contributed by atoms with E-state index in [4.69, 9.17) is 0 Å². The van der Waals surface area contributed by atoms with Gasteiger partial charge in [-0.25, -0.2) is 4.79 Å². The topological polar surface area (TPSA) is 32.3 Å². The monoisotopic (exact) mass is 310 g/mol. The third-order valence-electron chi connectivity index (χ3n) is 3.54. The Kier molecular flexibility index (Phi) is 4.27. The predicted octanol–water partition coefficient (Wildman–Crippen LogP) is 4.24. The van der Waals surface area contributed by atoms with Gasteiger partial charge in [-0.3, -0.25) is 0 Å².